The molecule has 5 nitrogen and oxygen atoms in total. The molecule has 2 aromatic heterocycles. The Morgan fingerprint density at radius 2 is 2.14 bits per heavy atom. The molecule has 2 aliphatic rings. The van der Waals surface area contributed by atoms with Crippen molar-refractivity contribution >= 4 is 34.0 Å². The van der Waals surface area contributed by atoms with Crippen LogP contribution in [0.25, 0.3) is 21.3 Å². The molecule has 140 valence electrons. The smallest absolute Gasteiger partial charge is 0.336 e. The number of ether oxygens (including phenoxy) is 2. The van der Waals surface area contributed by atoms with Gasteiger partial charge < -0.3 is 14.0 Å². The van der Waals surface area contributed by atoms with Gasteiger partial charge in [-0.25, -0.2) is 4.79 Å². The number of nitrogens with zero attached hydrogens (tertiary/aromatic N) is 1. The maximum Gasteiger partial charge on any atom is 0.336 e. The molecule has 0 saturated carbocycles. The Hall–Kier alpha value is -3.12. The molecule has 0 fully saturated rings. The molecule has 28 heavy (non-hydrogen) atoms. The molecule has 1 aliphatic carbocycles. The van der Waals surface area contributed by atoms with Crippen LogP contribution >= 0.6 is 11.3 Å². The maximum absolute atomic E-state index is 12.9. The summed E-state index contributed by atoms with van der Waals surface area (Å²) in [5.41, 5.74) is 5.00. The van der Waals surface area contributed by atoms with E-state index in [1.165, 1.54) is 11.1 Å². The normalized spacial score (nSPS) is 20.0. The minimum Gasteiger partial charge on any atom is -0.458 e. The molecule has 0 spiro atoms. The zero-order chi connectivity index (χ0) is 19.4. The Labute approximate surface area is 165 Å². The van der Waals surface area contributed by atoms with E-state index in [0.717, 1.165) is 22.0 Å². The zero-order valence-corrected chi connectivity index (χ0v) is 16.2. The lowest BCUT2D eigenvalue weighted by atomic mass is 10.1. The molecule has 1 unspecified atom stereocenters. The number of hydrogen-bond acceptors (Lipinski definition) is 5. The number of aryl methyl sites for hydroxylation is 1. The summed E-state index contributed by atoms with van der Waals surface area (Å²) in [6, 6.07) is 10.5. The van der Waals surface area contributed by atoms with Gasteiger partial charge in [-0.05, 0) is 35.6 Å². The van der Waals surface area contributed by atoms with E-state index >= 15 is 0 Å². The summed E-state index contributed by atoms with van der Waals surface area (Å²) in [5.74, 6) is -0.437. The van der Waals surface area contributed by atoms with Crippen LogP contribution in [0, 0.1) is 0 Å². The van der Waals surface area contributed by atoms with Gasteiger partial charge in [-0.3, -0.25) is 4.79 Å². The lowest BCUT2D eigenvalue weighted by Crippen LogP contribution is -2.11. The van der Waals surface area contributed by atoms with Crippen molar-refractivity contribution in [1.82, 2.24) is 4.57 Å². The van der Waals surface area contributed by atoms with Crippen molar-refractivity contribution < 1.29 is 19.1 Å². The second kappa shape index (κ2) is 6.21. The van der Waals surface area contributed by atoms with E-state index in [9.17, 15) is 9.59 Å². The van der Waals surface area contributed by atoms with Crippen LogP contribution in [0.15, 0.2) is 59.2 Å². The number of carbonyl (C=O) groups excluding carboxylic acids is 2. The van der Waals surface area contributed by atoms with Gasteiger partial charge in [-0.2, -0.15) is 0 Å². The average molecular weight is 391 g/mol. The molecular weight excluding hydrogens is 374 g/mol. The van der Waals surface area contributed by atoms with Crippen molar-refractivity contribution in [1.29, 1.82) is 0 Å². The van der Waals surface area contributed by atoms with E-state index < -0.39 is 12.3 Å². The number of hydrogen-bond donors (Lipinski definition) is 0. The lowest BCUT2D eigenvalue weighted by molar-refractivity contribution is -0.152. The fourth-order valence-corrected chi connectivity index (χ4v) is 4.54. The molecule has 3 aromatic rings. The number of cyclic esters (lactones) is 1. The predicted octanol–water partition coefficient (Wildman–Crippen LogP) is 4.38. The first-order valence-corrected chi connectivity index (χ1v) is 9.84. The largest absolute Gasteiger partial charge is 0.458 e. The molecule has 1 atom stereocenters. The number of fused-ring (bicyclic) bond motifs is 3. The summed E-state index contributed by atoms with van der Waals surface area (Å²) in [4.78, 5) is 25.6. The third-order valence-corrected chi connectivity index (χ3v) is 6.18. The Balaban J connectivity index is 1.47. The monoisotopic (exact) mass is 391 g/mol. The van der Waals surface area contributed by atoms with Crippen LogP contribution in [0.4, 0.5) is 0 Å². The van der Waals surface area contributed by atoms with Crippen molar-refractivity contribution in [3.8, 4) is 10.4 Å². The topological polar surface area (TPSA) is 57.5 Å². The number of esters is 1. The second-order valence-corrected chi connectivity index (χ2v) is 7.95. The second-order valence-electron chi connectivity index (χ2n) is 7.00. The van der Waals surface area contributed by atoms with E-state index in [1.807, 2.05) is 17.7 Å². The quantitative estimate of drug-likeness (QED) is 0.378. The van der Waals surface area contributed by atoms with Crippen LogP contribution in [0.1, 0.15) is 23.0 Å². The summed E-state index contributed by atoms with van der Waals surface area (Å²) in [6.07, 6.45) is 2.78. The molecule has 0 amide bonds. The number of allylic oxidation sites excluding steroid dienone is 1. The summed E-state index contributed by atoms with van der Waals surface area (Å²) in [6.45, 7) is 1.67. The van der Waals surface area contributed by atoms with Gasteiger partial charge in [0.25, 0.3) is 6.29 Å². The van der Waals surface area contributed by atoms with Crippen LogP contribution in [0.3, 0.4) is 0 Å². The molecule has 5 rings (SSSR count). The van der Waals surface area contributed by atoms with Gasteiger partial charge in [0.2, 0.25) is 5.78 Å². The molecule has 1 aromatic carbocycles. The Kier molecular flexibility index (Phi) is 3.77. The zero-order valence-electron chi connectivity index (χ0n) is 15.4. The van der Waals surface area contributed by atoms with E-state index in [2.05, 4.69) is 29.6 Å². The van der Waals surface area contributed by atoms with Crippen molar-refractivity contribution in [2.45, 2.75) is 19.6 Å². The third kappa shape index (κ3) is 2.52. The third-order valence-electron chi connectivity index (χ3n) is 5.26. The van der Waals surface area contributed by atoms with Crippen LogP contribution in [-0.4, -0.2) is 22.6 Å². The number of Topliss-reactive ketones (excluding diaryl/α,β-unsaturated/α-hetero) is 1. The molecule has 0 saturated heterocycles. The van der Waals surface area contributed by atoms with Gasteiger partial charge >= 0.3 is 5.97 Å². The molecule has 1 aliphatic heterocycles. The van der Waals surface area contributed by atoms with Gasteiger partial charge in [0.05, 0.1) is 12.0 Å². The van der Waals surface area contributed by atoms with Gasteiger partial charge in [0.15, 0.2) is 0 Å². The van der Waals surface area contributed by atoms with Crippen LogP contribution < -0.4 is 0 Å². The van der Waals surface area contributed by atoms with Gasteiger partial charge in [-0.1, -0.05) is 18.2 Å². The number of ketones is 1. The van der Waals surface area contributed by atoms with E-state index in [-0.39, 0.29) is 5.78 Å². The molecule has 0 N–H and O–H groups in total. The Morgan fingerprint density at radius 1 is 1.29 bits per heavy atom. The average Bonchev–Trinajstić information content (AvgIpc) is 3.43. The highest BCUT2D eigenvalue weighted by molar-refractivity contribution is 7.13. The standard InChI is InChI=1S/C22H17NO4S/c1-12-8-19(27-22(12)25)26-11-14-9-16-15-6-5-13(18-4-3-7-28-18)10-17(15)23(2)20(16)21(14)24/h3-8,10-11,19H,9H2,1-2H3. The highest BCUT2D eigenvalue weighted by Crippen LogP contribution is 2.37. The predicted molar refractivity (Wildman–Crippen MR) is 107 cm³/mol. The number of thiophene rings is 1. The number of aromatic nitrogens is 1. The Morgan fingerprint density at radius 3 is 2.86 bits per heavy atom. The van der Waals surface area contributed by atoms with E-state index in [4.69, 9.17) is 9.47 Å². The first kappa shape index (κ1) is 17.0. The summed E-state index contributed by atoms with van der Waals surface area (Å²) >= 11 is 1.70. The Bertz CT molecular complexity index is 1200. The van der Waals surface area contributed by atoms with Gasteiger partial charge in [-0.15, -0.1) is 11.3 Å². The molecular formula is C22H17NO4S. The first-order valence-electron chi connectivity index (χ1n) is 8.96. The molecule has 0 bridgehead atoms. The number of benzene rings is 1. The number of carbonyl (C=O) groups is 2. The fraction of sp³-hybridized carbons (Fsp3) is 0.182. The van der Waals surface area contributed by atoms with Gasteiger partial charge in [0.1, 0.15) is 0 Å². The van der Waals surface area contributed by atoms with Crippen molar-refractivity contribution in [3.05, 3.63) is 70.5 Å². The first-order chi connectivity index (χ1) is 13.5. The van der Waals surface area contributed by atoms with Crippen molar-refractivity contribution in [2.75, 3.05) is 0 Å². The molecule has 3 heterocycles. The van der Waals surface area contributed by atoms with Crippen LogP contribution in [0.2, 0.25) is 0 Å². The summed E-state index contributed by atoms with van der Waals surface area (Å²) < 4.78 is 12.5. The number of rotatable bonds is 3. The van der Waals surface area contributed by atoms with Crippen molar-refractivity contribution in [2.24, 2.45) is 7.05 Å². The maximum atomic E-state index is 12.9. The van der Waals surface area contributed by atoms with E-state index in [0.29, 0.717) is 23.3 Å². The van der Waals surface area contributed by atoms with Crippen molar-refractivity contribution in [3.63, 3.8) is 0 Å². The van der Waals surface area contributed by atoms with Gasteiger partial charge in [0, 0.05) is 46.5 Å². The lowest BCUT2D eigenvalue weighted by Gasteiger charge is -2.08. The summed E-state index contributed by atoms with van der Waals surface area (Å²) in [7, 11) is 1.92. The minimum absolute atomic E-state index is 0.0450. The summed E-state index contributed by atoms with van der Waals surface area (Å²) in [5, 5.41) is 3.14. The highest BCUT2D eigenvalue weighted by Gasteiger charge is 2.32. The van der Waals surface area contributed by atoms with E-state index in [1.54, 1.807) is 24.3 Å². The fourth-order valence-electron chi connectivity index (χ4n) is 3.82. The van der Waals surface area contributed by atoms with Crippen LogP contribution in [0.5, 0.6) is 0 Å². The highest BCUT2D eigenvalue weighted by atomic mass is 32.1. The van der Waals surface area contributed by atoms with Crippen LogP contribution in [-0.2, 0) is 27.7 Å². The molecule has 6 heteroatoms. The SMILES string of the molecule is CC1=CC(OC=C2Cc3c(n(C)c4cc(-c5cccs5)ccc34)C2=O)OC1=O. The minimum atomic E-state index is -0.762. The molecule has 0 radical (unpaired) electrons.